The number of aromatic nitrogens is 4. The van der Waals surface area contributed by atoms with Gasteiger partial charge in [-0.1, -0.05) is 35.5 Å². The van der Waals surface area contributed by atoms with Crippen molar-refractivity contribution in [3.63, 3.8) is 0 Å². The Morgan fingerprint density at radius 3 is 2.52 bits per heavy atom. The molecule has 1 aromatic carbocycles. The van der Waals surface area contributed by atoms with E-state index in [0.29, 0.717) is 11.7 Å². The molecule has 0 saturated carbocycles. The van der Waals surface area contributed by atoms with Crippen LogP contribution >= 0.6 is 0 Å². The molecule has 3 aromatic heterocycles. The molecule has 0 bridgehead atoms. The molecule has 0 spiro atoms. The molecule has 0 amide bonds. The van der Waals surface area contributed by atoms with Crippen molar-refractivity contribution in [2.24, 2.45) is 0 Å². The van der Waals surface area contributed by atoms with Gasteiger partial charge in [0.25, 0.3) is 0 Å². The number of nitrogens with zero attached hydrogens (tertiary/aromatic N) is 5. The molecule has 0 radical (unpaired) electrons. The summed E-state index contributed by atoms with van der Waals surface area (Å²) >= 11 is 0. The molecular weight excluding hydrogens is 416 g/mol. The van der Waals surface area contributed by atoms with Crippen LogP contribution < -0.4 is 10.2 Å². The van der Waals surface area contributed by atoms with E-state index in [-0.39, 0.29) is 6.04 Å². The molecule has 1 atom stereocenters. The van der Waals surface area contributed by atoms with E-state index in [0.717, 1.165) is 60.2 Å². The van der Waals surface area contributed by atoms with Gasteiger partial charge in [0.05, 0.1) is 36.2 Å². The van der Waals surface area contributed by atoms with Gasteiger partial charge in [-0.15, -0.1) is 0 Å². The van der Waals surface area contributed by atoms with Gasteiger partial charge in [0.2, 0.25) is 5.95 Å². The van der Waals surface area contributed by atoms with E-state index < -0.39 is 0 Å². The molecule has 1 fully saturated rings. The van der Waals surface area contributed by atoms with Gasteiger partial charge in [-0.05, 0) is 31.5 Å². The van der Waals surface area contributed by atoms with E-state index in [1.807, 2.05) is 49.5 Å². The zero-order valence-corrected chi connectivity index (χ0v) is 18.7. The molecule has 4 heterocycles. The third kappa shape index (κ3) is 4.70. The SMILES string of the molecule is Cc1cc(-c2cnc(N[C@H](C)c3ccccc3)nc2-c2ccc(N3CCOCC3)nc2)on1. The summed E-state index contributed by atoms with van der Waals surface area (Å²) in [5.41, 5.74) is 4.36. The Hall–Kier alpha value is -3.78. The van der Waals surface area contributed by atoms with Gasteiger partial charge >= 0.3 is 0 Å². The topological polar surface area (TPSA) is 89.2 Å². The van der Waals surface area contributed by atoms with Gasteiger partial charge in [0.1, 0.15) is 5.82 Å². The van der Waals surface area contributed by atoms with Crippen LogP contribution in [0.4, 0.5) is 11.8 Å². The maximum atomic E-state index is 5.53. The van der Waals surface area contributed by atoms with Gasteiger partial charge < -0.3 is 19.5 Å². The van der Waals surface area contributed by atoms with Crippen LogP contribution in [-0.2, 0) is 4.74 Å². The number of rotatable bonds is 6. The molecule has 1 saturated heterocycles. The lowest BCUT2D eigenvalue weighted by atomic mass is 10.1. The number of morpholine rings is 1. The van der Waals surface area contributed by atoms with Crippen molar-refractivity contribution in [1.82, 2.24) is 20.1 Å². The van der Waals surface area contributed by atoms with Gasteiger partial charge in [-0.3, -0.25) is 0 Å². The summed E-state index contributed by atoms with van der Waals surface area (Å²) in [6.45, 7) is 7.11. The number of hydrogen-bond acceptors (Lipinski definition) is 8. The Morgan fingerprint density at radius 2 is 1.82 bits per heavy atom. The zero-order chi connectivity index (χ0) is 22.6. The van der Waals surface area contributed by atoms with E-state index in [1.54, 1.807) is 6.20 Å². The van der Waals surface area contributed by atoms with E-state index in [2.05, 4.69) is 39.4 Å². The van der Waals surface area contributed by atoms with Gasteiger partial charge in [-0.25, -0.2) is 15.0 Å². The second-order valence-corrected chi connectivity index (χ2v) is 8.07. The van der Waals surface area contributed by atoms with E-state index in [9.17, 15) is 0 Å². The first-order chi connectivity index (χ1) is 16.2. The van der Waals surface area contributed by atoms with Gasteiger partial charge in [0, 0.05) is 37.1 Å². The Labute approximate surface area is 192 Å². The van der Waals surface area contributed by atoms with Crippen molar-refractivity contribution in [1.29, 1.82) is 0 Å². The number of ether oxygens (including phenoxy) is 1. The second-order valence-electron chi connectivity index (χ2n) is 8.07. The van der Waals surface area contributed by atoms with Crippen LogP contribution in [0.2, 0.25) is 0 Å². The summed E-state index contributed by atoms with van der Waals surface area (Å²) in [7, 11) is 0. The maximum Gasteiger partial charge on any atom is 0.223 e. The molecule has 4 aromatic rings. The minimum absolute atomic E-state index is 0.0549. The highest BCUT2D eigenvalue weighted by molar-refractivity contribution is 5.78. The zero-order valence-electron chi connectivity index (χ0n) is 18.7. The quantitative estimate of drug-likeness (QED) is 0.466. The first-order valence-electron chi connectivity index (χ1n) is 11.1. The van der Waals surface area contributed by atoms with Crippen LogP contribution in [0.15, 0.2) is 65.4 Å². The molecule has 0 aliphatic carbocycles. The summed E-state index contributed by atoms with van der Waals surface area (Å²) in [5, 5.41) is 7.44. The summed E-state index contributed by atoms with van der Waals surface area (Å²) in [6, 6.07) is 16.2. The summed E-state index contributed by atoms with van der Waals surface area (Å²) in [6.07, 6.45) is 3.63. The van der Waals surface area contributed by atoms with Crippen LogP contribution in [0.25, 0.3) is 22.6 Å². The largest absolute Gasteiger partial charge is 0.378 e. The highest BCUT2D eigenvalue weighted by Crippen LogP contribution is 2.32. The minimum atomic E-state index is 0.0549. The molecule has 1 aliphatic heterocycles. The predicted molar refractivity (Wildman–Crippen MR) is 127 cm³/mol. The van der Waals surface area contributed by atoms with Crippen molar-refractivity contribution in [3.8, 4) is 22.6 Å². The average molecular weight is 443 g/mol. The fraction of sp³-hybridized carbons (Fsp3) is 0.280. The number of aryl methyl sites for hydroxylation is 1. The first kappa shape index (κ1) is 21.1. The lowest BCUT2D eigenvalue weighted by Crippen LogP contribution is -2.36. The second kappa shape index (κ2) is 9.38. The fourth-order valence-corrected chi connectivity index (χ4v) is 3.87. The van der Waals surface area contributed by atoms with E-state index in [4.69, 9.17) is 19.2 Å². The molecular formula is C25H26N6O2. The molecule has 8 heteroatoms. The third-order valence-corrected chi connectivity index (χ3v) is 5.68. The summed E-state index contributed by atoms with van der Waals surface area (Å²) < 4.78 is 11.0. The van der Waals surface area contributed by atoms with Gasteiger partial charge in [-0.2, -0.15) is 0 Å². The highest BCUT2D eigenvalue weighted by Gasteiger charge is 2.18. The molecule has 1 N–H and O–H groups in total. The molecule has 168 valence electrons. The van der Waals surface area contributed by atoms with Crippen LogP contribution in [0, 0.1) is 6.92 Å². The van der Waals surface area contributed by atoms with Crippen molar-refractivity contribution >= 4 is 11.8 Å². The monoisotopic (exact) mass is 442 g/mol. The molecule has 5 rings (SSSR count). The number of nitrogens with one attached hydrogen (secondary N) is 1. The lowest BCUT2D eigenvalue weighted by Gasteiger charge is -2.27. The molecule has 1 aliphatic rings. The molecule has 33 heavy (non-hydrogen) atoms. The summed E-state index contributed by atoms with van der Waals surface area (Å²) in [5.74, 6) is 2.10. The Balaban J connectivity index is 1.48. The van der Waals surface area contributed by atoms with Crippen LogP contribution in [-0.4, -0.2) is 46.4 Å². The fourth-order valence-electron chi connectivity index (χ4n) is 3.87. The molecule has 8 nitrogen and oxygen atoms in total. The van der Waals surface area contributed by atoms with E-state index >= 15 is 0 Å². The minimum Gasteiger partial charge on any atom is -0.378 e. The van der Waals surface area contributed by atoms with Gasteiger partial charge in [0.15, 0.2) is 5.76 Å². The first-order valence-corrected chi connectivity index (χ1v) is 11.1. The normalized spacial score (nSPS) is 14.8. The highest BCUT2D eigenvalue weighted by atomic mass is 16.5. The Kier molecular flexibility index (Phi) is 5.99. The number of hydrogen-bond donors (Lipinski definition) is 1. The van der Waals surface area contributed by atoms with Crippen LogP contribution in [0.5, 0.6) is 0 Å². The predicted octanol–water partition coefficient (Wildman–Crippen LogP) is 4.51. The van der Waals surface area contributed by atoms with Crippen molar-refractivity contribution in [3.05, 3.63) is 72.2 Å². The van der Waals surface area contributed by atoms with Crippen LogP contribution in [0.3, 0.4) is 0 Å². The van der Waals surface area contributed by atoms with Crippen LogP contribution in [0.1, 0.15) is 24.2 Å². The van der Waals surface area contributed by atoms with E-state index in [1.165, 1.54) is 0 Å². The van der Waals surface area contributed by atoms with Crippen molar-refractivity contribution < 1.29 is 9.26 Å². The molecule has 0 unspecified atom stereocenters. The number of pyridine rings is 1. The maximum absolute atomic E-state index is 5.53. The Bertz CT molecular complexity index is 1200. The summed E-state index contributed by atoms with van der Waals surface area (Å²) in [4.78, 5) is 16.3. The smallest absolute Gasteiger partial charge is 0.223 e. The van der Waals surface area contributed by atoms with Crippen molar-refractivity contribution in [2.75, 3.05) is 36.5 Å². The van der Waals surface area contributed by atoms with Crippen molar-refractivity contribution in [2.45, 2.75) is 19.9 Å². The average Bonchev–Trinajstić information content (AvgIpc) is 3.31. The number of benzene rings is 1. The standard InChI is InChI=1S/C25H26N6O2/c1-17-14-22(33-30-17)21-16-27-25(28-18(2)19-6-4-3-5-7-19)29-24(21)20-8-9-23(26-15-20)31-10-12-32-13-11-31/h3-9,14-16,18H,10-13H2,1-2H3,(H,27,28,29)/t18-/m1/s1. The lowest BCUT2D eigenvalue weighted by molar-refractivity contribution is 0.122. The number of anilines is 2. The third-order valence-electron chi connectivity index (χ3n) is 5.68. The Morgan fingerprint density at radius 1 is 1.00 bits per heavy atom.